The first kappa shape index (κ1) is 14.7. The molecule has 0 aliphatic heterocycles. The van der Waals surface area contributed by atoms with Gasteiger partial charge in [-0.1, -0.05) is 29.8 Å². The lowest BCUT2D eigenvalue weighted by Crippen LogP contribution is -2.06. The topological polar surface area (TPSA) is 25.8 Å². The minimum atomic E-state index is -0.326. The third-order valence-electron chi connectivity index (χ3n) is 3.61. The van der Waals surface area contributed by atoms with Gasteiger partial charge in [0.05, 0.1) is 0 Å². The molecule has 0 atom stereocenters. The summed E-state index contributed by atoms with van der Waals surface area (Å²) in [4.78, 5) is 8.39. The van der Waals surface area contributed by atoms with Crippen molar-refractivity contribution < 1.29 is 4.39 Å². The summed E-state index contributed by atoms with van der Waals surface area (Å²) in [6, 6.07) is 12.4. The fraction of sp³-hybridized carbons (Fsp3) is 0.111. The largest absolute Gasteiger partial charge is 0.264 e. The van der Waals surface area contributed by atoms with E-state index in [1.54, 1.807) is 18.5 Å². The predicted molar refractivity (Wildman–Crippen MR) is 85.4 cm³/mol. The Morgan fingerprint density at radius 3 is 2.09 bits per heavy atom. The Balaban J connectivity index is 1.99. The normalized spacial score (nSPS) is 10.9. The third-order valence-corrected chi connectivity index (χ3v) is 3.96. The van der Waals surface area contributed by atoms with Crippen molar-refractivity contribution in [2.45, 2.75) is 12.3 Å². The molecule has 0 radical (unpaired) electrons. The number of aromatic nitrogens is 2. The second-order valence-corrected chi connectivity index (χ2v) is 5.47. The zero-order chi connectivity index (χ0) is 15.4. The number of hydrogen-bond donors (Lipinski definition) is 0. The maximum atomic E-state index is 13.2. The molecule has 3 aromatic rings. The summed E-state index contributed by atoms with van der Waals surface area (Å²) in [6.07, 6.45) is 7.84. The molecule has 0 fully saturated rings. The van der Waals surface area contributed by atoms with Gasteiger partial charge in [0.2, 0.25) is 0 Å². The van der Waals surface area contributed by atoms with E-state index in [-0.39, 0.29) is 11.7 Å². The molecule has 2 nitrogen and oxygen atoms in total. The zero-order valence-electron chi connectivity index (χ0n) is 11.8. The highest BCUT2D eigenvalue weighted by molar-refractivity contribution is 6.31. The maximum absolute atomic E-state index is 13.2. The van der Waals surface area contributed by atoms with Crippen molar-refractivity contribution in [1.29, 1.82) is 0 Å². The van der Waals surface area contributed by atoms with Crippen LogP contribution in [0.1, 0.15) is 22.6 Å². The Morgan fingerprint density at radius 1 is 0.955 bits per heavy atom. The molecule has 110 valence electrons. The van der Waals surface area contributed by atoms with E-state index in [0.717, 1.165) is 16.7 Å². The summed E-state index contributed by atoms with van der Waals surface area (Å²) in [5.41, 5.74) is 3.06. The molecular weight excluding hydrogens is 299 g/mol. The summed E-state index contributed by atoms with van der Waals surface area (Å²) >= 11 is 6.18. The van der Waals surface area contributed by atoms with E-state index >= 15 is 0 Å². The molecule has 2 heterocycles. The summed E-state index contributed by atoms with van der Waals surface area (Å²) in [7, 11) is 0. The molecule has 1 aromatic carbocycles. The molecule has 0 saturated carbocycles. The quantitative estimate of drug-likeness (QED) is 0.701. The van der Waals surface area contributed by atoms with E-state index in [0.29, 0.717) is 11.4 Å². The van der Waals surface area contributed by atoms with Gasteiger partial charge in [0.1, 0.15) is 5.82 Å². The van der Waals surface area contributed by atoms with Crippen molar-refractivity contribution in [3.63, 3.8) is 0 Å². The Hall–Kier alpha value is -2.26. The first-order valence-corrected chi connectivity index (χ1v) is 7.35. The van der Waals surface area contributed by atoms with E-state index in [2.05, 4.69) is 9.97 Å². The second kappa shape index (κ2) is 6.67. The summed E-state index contributed by atoms with van der Waals surface area (Å²) < 4.78 is 13.2. The molecule has 0 aliphatic carbocycles. The van der Waals surface area contributed by atoms with Gasteiger partial charge in [0.25, 0.3) is 0 Å². The molecule has 3 rings (SSSR count). The van der Waals surface area contributed by atoms with E-state index in [4.69, 9.17) is 11.6 Å². The van der Waals surface area contributed by atoms with Gasteiger partial charge in [-0.3, -0.25) is 9.97 Å². The number of pyridine rings is 2. The molecule has 22 heavy (non-hydrogen) atoms. The molecule has 0 unspecified atom stereocenters. The Bertz CT molecular complexity index is 708. The average Bonchev–Trinajstić information content (AvgIpc) is 2.56. The van der Waals surface area contributed by atoms with Crippen LogP contribution in [-0.4, -0.2) is 9.97 Å². The van der Waals surface area contributed by atoms with Gasteiger partial charge >= 0.3 is 0 Å². The van der Waals surface area contributed by atoms with Crippen LogP contribution in [-0.2, 0) is 6.42 Å². The Kier molecular flexibility index (Phi) is 4.45. The smallest absolute Gasteiger partial charge is 0.124 e. The first-order chi connectivity index (χ1) is 10.7. The van der Waals surface area contributed by atoms with Gasteiger partial charge in [-0.15, -0.1) is 0 Å². The lowest BCUT2D eigenvalue weighted by Gasteiger charge is -2.18. The maximum Gasteiger partial charge on any atom is 0.124 e. The molecule has 4 heteroatoms. The number of benzene rings is 1. The highest BCUT2D eigenvalue weighted by Crippen LogP contribution is 2.30. The number of halogens is 2. The lowest BCUT2D eigenvalue weighted by molar-refractivity contribution is 0.626. The van der Waals surface area contributed by atoms with Crippen molar-refractivity contribution >= 4 is 11.6 Å². The summed E-state index contributed by atoms with van der Waals surface area (Å²) in [5.74, 6) is -0.251. The first-order valence-electron chi connectivity index (χ1n) is 6.98. The highest BCUT2D eigenvalue weighted by Gasteiger charge is 2.17. The van der Waals surface area contributed by atoms with Crippen LogP contribution < -0.4 is 0 Å². The van der Waals surface area contributed by atoms with E-state index in [1.165, 1.54) is 12.1 Å². The SMILES string of the molecule is Fc1ccc(CC(c2cccnc2)c2cccnc2)c(Cl)c1. The van der Waals surface area contributed by atoms with E-state index in [1.807, 2.05) is 36.7 Å². The van der Waals surface area contributed by atoms with Crippen LogP contribution in [0, 0.1) is 5.82 Å². The van der Waals surface area contributed by atoms with E-state index < -0.39 is 0 Å². The standard InChI is InChI=1S/C18H14ClFN2/c19-18-10-16(20)6-5-13(18)9-17(14-3-1-7-21-11-14)15-4-2-8-22-12-15/h1-8,10-12,17H,9H2. The van der Waals surface area contributed by atoms with Gasteiger partial charge in [-0.05, 0) is 47.4 Å². The highest BCUT2D eigenvalue weighted by atomic mass is 35.5. The van der Waals surface area contributed by atoms with Gasteiger partial charge in [0.15, 0.2) is 0 Å². The summed E-state index contributed by atoms with van der Waals surface area (Å²) in [6.45, 7) is 0. The van der Waals surface area contributed by atoms with Crippen LogP contribution in [0.3, 0.4) is 0 Å². The third kappa shape index (κ3) is 3.31. The van der Waals surface area contributed by atoms with Crippen LogP contribution in [0.25, 0.3) is 0 Å². The predicted octanol–water partition coefficient (Wildman–Crippen LogP) is 4.64. The minimum absolute atomic E-state index is 0.0744. The van der Waals surface area contributed by atoms with Crippen molar-refractivity contribution in [1.82, 2.24) is 9.97 Å². The van der Waals surface area contributed by atoms with Crippen LogP contribution in [0.5, 0.6) is 0 Å². The molecule has 0 N–H and O–H groups in total. The van der Waals surface area contributed by atoms with Gasteiger partial charge in [0, 0.05) is 35.7 Å². The average molecular weight is 313 g/mol. The number of rotatable bonds is 4. The van der Waals surface area contributed by atoms with Gasteiger partial charge in [-0.2, -0.15) is 0 Å². The van der Waals surface area contributed by atoms with Crippen LogP contribution in [0.2, 0.25) is 5.02 Å². The zero-order valence-corrected chi connectivity index (χ0v) is 12.5. The van der Waals surface area contributed by atoms with E-state index in [9.17, 15) is 4.39 Å². The van der Waals surface area contributed by atoms with Crippen LogP contribution in [0.4, 0.5) is 4.39 Å². The van der Waals surface area contributed by atoms with Gasteiger partial charge < -0.3 is 0 Å². The Labute approximate surface area is 133 Å². The monoisotopic (exact) mass is 312 g/mol. The van der Waals surface area contributed by atoms with Crippen molar-refractivity contribution in [2.24, 2.45) is 0 Å². The van der Waals surface area contributed by atoms with Crippen molar-refractivity contribution in [2.75, 3.05) is 0 Å². The molecule has 0 amide bonds. The molecule has 0 bridgehead atoms. The minimum Gasteiger partial charge on any atom is -0.264 e. The Morgan fingerprint density at radius 2 is 1.59 bits per heavy atom. The fourth-order valence-electron chi connectivity index (χ4n) is 2.50. The molecule has 2 aromatic heterocycles. The van der Waals surface area contributed by atoms with Crippen LogP contribution >= 0.6 is 11.6 Å². The lowest BCUT2D eigenvalue weighted by atomic mass is 9.87. The second-order valence-electron chi connectivity index (χ2n) is 5.07. The molecule has 0 aliphatic rings. The van der Waals surface area contributed by atoms with Gasteiger partial charge in [-0.25, -0.2) is 4.39 Å². The molecular formula is C18H14ClFN2. The fourth-order valence-corrected chi connectivity index (χ4v) is 2.74. The molecule has 0 saturated heterocycles. The number of nitrogens with zero attached hydrogens (tertiary/aromatic N) is 2. The van der Waals surface area contributed by atoms with Crippen LogP contribution in [0.15, 0.2) is 67.3 Å². The number of hydrogen-bond acceptors (Lipinski definition) is 2. The molecule has 0 spiro atoms. The van der Waals surface area contributed by atoms with Crippen molar-refractivity contribution in [3.05, 3.63) is 94.8 Å². The summed E-state index contributed by atoms with van der Waals surface area (Å²) in [5, 5.41) is 0.442. The van der Waals surface area contributed by atoms with Crippen molar-refractivity contribution in [3.8, 4) is 0 Å².